The lowest BCUT2D eigenvalue weighted by Gasteiger charge is -2.26. The molecular formula is C18H26N2O5S. The fourth-order valence-corrected chi connectivity index (χ4v) is 4.68. The maximum Gasteiger partial charge on any atom is 0.226 e. The molecule has 26 heavy (non-hydrogen) atoms. The average molecular weight is 382 g/mol. The SMILES string of the molecule is CC(=O)N(CCC(=O)Nc1ccc(OC(C)C)cc1)C1CCS(=O)(=O)C1. The summed E-state index contributed by atoms with van der Waals surface area (Å²) in [4.78, 5) is 25.5. The van der Waals surface area contributed by atoms with Crippen LogP contribution in [0.2, 0.25) is 0 Å². The lowest BCUT2D eigenvalue weighted by atomic mass is 10.2. The summed E-state index contributed by atoms with van der Waals surface area (Å²) in [6, 6.07) is 6.73. The van der Waals surface area contributed by atoms with Gasteiger partial charge in [-0.2, -0.15) is 0 Å². The van der Waals surface area contributed by atoms with Crippen molar-refractivity contribution < 1.29 is 22.7 Å². The van der Waals surface area contributed by atoms with E-state index >= 15 is 0 Å². The zero-order chi connectivity index (χ0) is 19.3. The van der Waals surface area contributed by atoms with E-state index in [0.717, 1.165) is 5.75 Å². The van der Waals surface area contributed by atoms with E-state index in [2.05, 4.69) is 5.32 Å². The van der Waals surface area contributed by atoms with Gasteiger partial charge in [-0.1, -0.05) is 0 Å². The number of carbonyl (C=O) groups excluding carboxylic acids is 2. The number of benzene rings is 1. The van der Waals surface area contributed by atoms with Gasteiger partial charge in [-0.05, 0) is 44.5 Å². The molecule has 144 valence electrons. The molecule has 0 radical (unpaired) electrons. The molecule has 0 spiro atoms. The van der Waals surface area contributed by atoms with Gasteiger partial charge in [0.05, 0.1) is 17.6 Å². The zero-order valence-corrected chi connectivity index (χ0v) is 16.2. The van der Waals surface area contributed by atoms with Crippen molar-refractivity contribution in [2.45, 2.75) is 45.8 Å². The smallest absolute Gasteiger partial charge is 0.226 e. The first-order valence-corrected chi connectivity index (χ1v) is 10.5. The van der Waals surface area contributed by atoms with E-state index in [1.165, 1.54) is 11.8 Å². The van der Waals surface area contributed by atoms with Gasteiger partial charge in [-0.3, -0.25) is 9.59 Å². The Kier molecular flexibility index (Phi) is 6.63. The van der Waals surface area contributed by atoms with Gasteiger partial charge < -0.3 is 15.0 Å². The van der Waals surface area contributed by atoms with Crippen molar-refractivity contribution in [1.29, 1.82) is 0 Å². The zero-order valence-electron chi connectivity index (χ0n) is 15.4. The highest BCUT2D eigenvalue weighted by molar-refractivity contribution is 7.91. The number of ether oxygens (including phenoxy) is 1. The highest BCUT2D eigenvalue weighted by Gasteiger charge is 2.33. The number of carbonyl (C=O) groups is 2. The summed E-state index contributed by atoms with van der Waals surface area (Å²) in [6.45, 7) is 5.48. The fraction of sp³-hybridized carbons (Fsp3) is 0.556. The molecule has 1 aromatic carbocycles. The molecule has 8 heteroatoms. The molecule has 0 bridgehead atoms. The van der Waals surface area contributed by atoms with Gasteiger partial charge in [0.1, 0.15) is 5.75 Å². The van der Waals surface area contributed by atoms with Crippen LogP contribution >= 0.6 is 0 Å². The van der Waals surface area contributed by atoms with Crippen molar-refractivity contribution in [1.82, 2.24) is 4.90 Å². The number of amides is 2. The Morgan fingerprint density at radius 3 is 2.42 bits per heavy atom. The number of hydrogen-bond donors (Lipinski definition) is 1. The topological polar surface area (TPSA) is 92.8 Å². The monoisotopic (exact) mass is 382 g/mol. The summed E-state index contributed by atoms with van der Waals surface area (Å²) >= 11 is 0. The highest BCUT2D eigenvalue weighted by Crippen LogP contribution is 2.19. The highest BCUT2D eigenvalue weighted by atomic mass is 32.2. The Hall–Kier alpha value is -2.09. The van der Waals surface area contributed by atoms with E-state index in [4.69, 9.17) is 4.74 Å². The van der Waals surface area contributed by atoms with Gasteiger partial charge >= 0.3 is 0 Å². The molecule has 1 saturated heterocycles. The van der Waals surface area contributed by atoms with E-state index in [1.807, 2.05) is 13.8 Å². The Labute approximate surface area is 154 Å². The van der Waals surface area contributed by atoms with Gasteiger partial charge in [0.25, 0.3) is 0 Å². The molecule has 0 saturated carbocycles. The number of nitrogens with zero attached hydrogens (tertiary/aromatic N) is 1. The van der Waals surface area contributed by atoms with E-state index in [9.17, 15) is 18.0 Å². The Morgan fingerprint density at radius 2 is 1.92 bits per heavy atom. The molecule has 1 aliphatic rings. The minimum absolute atomic E-state index is 0.0223. The number of rotatable bonds is 7. The minimum Gasteiger partial charge on any atom is -0.491 e. The van der Waals surface area contributed by atoms with E-state index < -0.39 is 9.84 Å². The van der Waals surface area contributed by atoms with Crippen molar-refractivity contribution in [2.75, 3.05) is 23.4 Å². The Balaban J connectivity index is 1.87. The second kappa shape index (κ2) is 8.53. The molecule has 1 aromatic rings. The standard InChI is InChI=1S/C18H26N2O5S/c1-13(2)25-17-6-4-15(5-7-17)19-18(22)8-10-20(14(3)21)16-9-11-26(23,24)12-16/h4-7,13,16H,8-12H2,1-3H3,(H,19,22). The molecule has 1 unspecified atom stereocenters. The number of nitrogens with one attached hydrogen (secondary N) is 1. The van der Waals surface area contributed by atoms with Crippen molar-refractivity contribution in [2.24, 2.45) is 0 Å². The van der Waals surface area contributed by atoms with Crippen LogP contribution < -0.4 is 10.1 Å². The summed E-state index contributed by atoms with van der Waals surface area (Å²) < 4.78 is 28.8. The van der Waals surface area contributed by atoms with Crippen LogP contribution in [-0.4, -0.2) is 55.3 Å². The molecule has 1 N–H and O–H groups in total. The summed E-state index contributed by atoms with van der Waals surface area (Å²) in [7, 11) is -3.08. The molecule has 1 fully saturated rings. The lowest BCUT2D eigenvalue weighted by Crippen LogP contribution is -2.41. The first-order chi connectivity index (χ1) is 12.2. The molecule has 2 amide bonds. The molecule has 2 rings (SSSR count). The van der Waals surface area contributed by atoms with Crippen LogP contribution in [-0.2, 0) is 19.4 Å². The van der Waals surface area contributed by atoms with E-state index in [0.29, 0.717) is 12.1 Å². The van der Waals surface area contributed by atoms with Crippen LogP contribution in [0.1, 0.15) is 33.6 Å². The summed E-state index contributed by atoms with van der Waals surface area (Å²) in [6.07, 6.45) is 0.619. The molecule has 0 aromatic heterocycles. The number of hydrogen-bond acceptors (Lipinski definition) is 5. The van der Waals surface area contributed by atoms with E-state index in [1.54, 1.807) is 24.3 Å². The third-order valence-electron chi connectivity index (χ3n) is 4.14. The van der Waals surface area contributed by atoms with Gasteiger partial charge in [0.15, 0.2) is 9.84 Å². The van der Waals surface area contributed by atoms with Crippen molar-refractivity contribution in [3.05, 3.63) is 24.3 Å². The van der Waals surface area contributed by atoms with Crippen molar-refractivity contribution in [3.8, 4) is 5.75 Å². The van der Waals surface area contributed by atoms with Crippen LogP contribution in [0.3, 0.4) is 0 Å². The van der Waals surface area contributed by atoms with Crippen LogP contribution in [0.15, 0.2) is 24.3 Å². The fourth-order valence-electron chi connectivity index (χ4n) is 2.95. The van der Waals surface area contributed by atoms with E-state index in [-0.39, 0.29) is 48.4 Å². The third-order valence-corrected chi connectivity index (χ3v) is 5.89. The minimum atomic E-state index is -3.08. The molecule has 7 nitrogen and oxygen atoms in total. The number of anilines is 1. The lowest BCUT2D eigenvalue weighted by molar-refractivity contribution is -0.131. The predicted molar refractivity (Wildman–Crippen MR) is 99.9 cm³/mol. The first-order valence-electron chi connectivity index (χ1n) is 8.70. The maximum atomic E-state index is 12.1. The normalized spacial score (nSPS) is 18.5. The van der Waals surface area contributed by atoms with Crippen molar-refractivity contribution >= 4 is 27.3 Å². The second-order valence-corrected chi connectivity index (χ2v) is 8.99. The maximum absolute atomic E-state index is 12.1. The van der Waals surface area contributed by atoms with Crippen molar-refractivity contribution in [3.63, 3.8) is 0 Å². The van der Waals surface area contributed by atoms with Gasteiger partial charge in [0.2, 0.25) is 11.8 Å². The molecule has 1 atom stereocenters. The molecule has 1 aliphatic heterocycles. The second-order valence-electron chi connectivity index (χ2n) is 6.76. The van der Waals surface area contributed by atoms with Crippen LogP contribution in [0.5, 0.6) is 5.75 Å². The van der Waals surface area contributed by atoms with Crippen LogP contribution in [0.25, 0.3) is 0 Å². The van der Waals surface area contributed by atoms with Gasteiger partial charge in [-0.25, -0.2) is 8.42 Å². The summed E-state index contributed by atoms with van der Waals surface area (Å²) in [5.41, 5.74) is 0.643. The van der Waals surface area contributed by atoms with Gasteiger partial charge in [0, 0.05) is 31.6 Å². The third kappa shape index (κ3) is 6.01. The molecule has 0 aliphatic carbocycles. The Morgan fingerprint density at radius 1 is 1.27 bits per heavy atom. The quantitative estimate of drug-likeness (QED) is 0.777. The predicted octanol–water partition coefficient (Wildman–Crippen LogP) is 1.84. The first kappa shape index (κ1) is 20.2. The molecular weight excluding hydrogens is 356 g/mol. The van der Waals surface area contributed by atoms with Crippen LogP contribution in [0.4, 0.5) is 5.69 Å². The largest absolute Gasteiger partial charge is 0.491 e. The molecule has 1 heterocycles. The Bertz CT molecular complexity index is 743. The number of sulfone groups is 1. The van der Waals surface area contributed by atoms with Gasteiger partial charge in [-0.15, -0.1) is 0 Å². The summed E-state index contributed by atoms with van der Waals surface area (Å²) in [5, 5.41) is 2.77. The average Bonchev–Trinajstić information content (AvgIpc) is 2.88. The van der Waals surface area contributed by atoms with Crippen LogP contribution in [0, 0.1) is 0 Å². The summed E-state index contributed by atoms with van der Waals surface area (Å²) in [5.74, 6) is 0.358.